The van der Waals surface area contributed by atoms with Crippen LogP contribution in [0.4, 0.5) is 10.6 Å². The molecule has 1 saturated carbocycles. The molecule has 0 bridgehead atoms. The van der Waals surface area contributed by atoms with Crippen LogP contribution in [0, 0.1) is 11.8 Å². The molecule has 1 amide bonds. The van der Waals surface area contributed by atoms with Crippen molar-refractivity contribution < 1.29 is 19.0 Å². The van der Waals surface area contributed by atoms with Crippen LogP contribution in [-0.4, -0.2) is 53.2 Å². The number of carbonyl (C=O) groups is 1. The molecule has 2 N–H and O–H groups in total. The summed E-state index contributed by atoms with van der Waals surface area (Å²) in [7, 11) is 0. The molecule has 2 rings (SSSR count). The Kier molecular flexibility index (Phi) is 9.15. The number of rotatable bonds is 7. The molecule has 2 atom stereocenters. The molecule has 1 fully saturated rings. The highest BCUT2D eigenvalue weighted by Gasteiger charge is 2.31. The summed E-state index contributed by atoms with van der Waals surface area (Å²) in [6.45, 7) is 10.2. The highest BCUT2D eigenvalue weighted by Crippen LogP contribution is 2.25. The van der Waals surface area contributed by atoms with E-state index in [1.807, 2.05) is 34.6 Å². The van der Waals surface area contributed by atoms with Crippen molar-refractivity contribution in [1.82, 2.24) is 15.3 Å². The first kappa shape index (κ1) is 24.2. The molecule has 0 spiro atoms. The van der Waals surface area contributed by atoms with E-state index in [0.29, 0.717) is 24.6 Å². The Hall–Kier alpha value is -2.08. The van der Waals surface area contributed by atoms with Crippen molar-refractivity contribution in [3.63, 3.8) is 0 Å². The molecular formula is C21H31ClN4O4. The van der Waals surface area contributed by atoms with E-state index in [-0.39, 0.29) is 17.4 Å². The molecule has 30 heavy (non-hydrogen) atoms. The highest BCUT2D eigenvalue weighted by atomic mass is 35.5. The fourth-order valence-corrected chi connectivity index (χ4v) is 3.21. The number of hydrogen-bond acceptors (Lipinski definition) is 7. The van der Waals surface area contributed by atoms with Gasteiger partial charge in [-0.2, -0.15) is 4.98 Å². The van der Waals surface area contributed by atoms with Gasteiger partial charge in [0.25, 0.3) is 0 Å². The van der Waals surface area contributed by atoms with Crippen LogP contribution in [0.3, 0.4) is 0 Å². The lowest BCUT2D eigenvalue weighted by atomic mass is 10.1. The minimum Gasteiger partial charge on any atom is -0.444 e. The molecule has 1 heterocycles. The summed E-state index contributed by atoms with van der Waals surface area (Å²) in [4.78, 5) is 20.5. The Morgan fingerprint density at radius 2 is 1.93 bits per heavy atom. The van der Waals surface area contributed by atoms with Gasteiger partial charge < -0.3 is 24.8 Å². The number of nitrogens with zero attached hydrogens (tertiary/aromatic N) is 2. The maximum atomic E-state index is 12.2. The van der Waals surface area contributed by atoms with Crippen LogP contribution in [0.2, 0.25) is 5.28 Å². The van der Waals surface area contributed by atoms with Gasteiger partial charge in [-0.05, 0) is 71.4 Å². The summed E-state index contributed by atoms with van der Waals surface area (Å²) in [5, 5.41) is 6.43. The van der Waals surface area contributed by atoms with Crippen LogP contribution in [0.25, 0.3) is 0 Å². The van der Waals surface area contributed by atoms with Crippen molar-refractivity contribution in [3.05, 3.63) is 17.0 Å². The normalized spacial score (nSPS) is 18.6. The average Bonchev–Trinajstić information content (AvgIpc) is 3.06. The van der Waals surface area contributed by atoms with Crippen molar-refractivity contribution in [2.45, 2.75) is 77.9 Å². The SMILES string of the molecule is CCOC(C#Cc1cnc(Cl)nc1NC1CCCC1NC(=O)OC(C)(C)C)OCC. The second kappa shape index (κ2) is 11.3. The van der Waals surface area contributed by atoms with Gasteiger partial charge in [-0.3, -0.25) is 0 Å². The Bertz CT molecular complexity index is 766. The summed E-state index contributed by atoms with van der Waals surface area (Å²) < 4.78 is 16.3. The van der Waals surface area contributed by atoms with Gasteiger partial charge in [0.1, 0.15) is 11.4 Å². The van der Waals surface area contributed by atoms with E-state index in [2.05, 4.69) is 32.4 Å². The fraction of sp³-hybridized carbons (Fsp3) is 0.667. The number of amides is 1. The molecular weight excluding hydrogens is 408 g/mol. The molecule has 0 saturated heterocycles. The molecule has 0 radical (unpaired) electrons. The number of aromatic nitrogens is 2. The Balaban J connectivity index is 2.13. The number of halogens is 1. The van der Waals surface area contributed by atoms with Gasteiger partial charge in [-0.15, -0.1) is 0 Å². The minimum atomic E-state index is -0.628. The van der Waals surface area contributed by atoms with Crippen LogP contribution in [-0.2, 0) is 14.2 Å². The van der Waals surface area contributed by atoms with Crippen molar-refractivity contribution in [3.8, 4) is 11.8 Å². The van der Waals surface area contributed by atoms with Crippen LogP contribution in [0.1, 0.15) is 59.4 Å². The highest BCUT2D eigenvalue weighted by molar-refractivity contribution is 6.28. The van der Waals surface area contributed by atoms with Crippen molar-refractivity contribution >= 4 is 23.5 Å². The van der Waals surface area contributed by atoms with Gasteiger partial charge in [0.2, 0.25) is 11.6 Å². The molecule has 166 valence electrons. The lowest BCUT2D eigenvalue weighted by Crippen LogP contribution is -2.45. The third kappa shape index (κ3) is 7.98. The van der Waals surface area contributed by atoms with Crippen LogP contribution in [0.5, 0.6) is 0 Å². The lowest BCUT2D eigenvalue weighted by molar-refractivity contribution is -0.0969. The first-order chi connectivity index (χ1) is 14.2. The molecule has 1 aromatic rings. The number of ether oxygens (including phenoxy) is 3. The second-order valence-corrected chi connectivity index (χ2v) is 8.19. The van der Waals surface area contributed by atoms with Gasteiger partial charge in [-0.25, -0.2) is 9.78 Å². The predicted octanol–water partition coefficient (Wildman–Crippen LogP) is 3.74. The molecule has 1 aromatic heterocycles. The van der Waals surface area contributed by atoms with Gasteiger partial charge in [0, 0.05) is 25.5 Å². The molecule has 2 unspecified atom stereocenters. The topological polar surface area (TPSA) is 94.6 Å². The van der Waals surface area contributed by atoms with Crippen molar-refractivity contribution in [2.75, 3.05) is 18.5 Å². The standard InChI is InChI=1S/C21H31ClN4O4/c1-6-28-17(29-7-2)12-11-14-13-23-19(22)26-18(14)24-15-9-8-10-16(15)25-20(27)30-21(3,4)5/h13,15-17H,6-10H2,1-5H3,(H,25,27)(H,23,24,26). The molecule has 0 aliphatic heterocycles. The first-order valence-electron chi connectivity index (χ1n) is 10.2. The maximum Gasteiger partial charge on any atom is 0.407 e. The van der Waals surface area contributed by atoms with Crippen LogP contribution < -0.4 is 10.6 Å². The minimum absolute atomic E-state index is 0.0291. The van der Waals surface area contributed by atoms with E-state index in [4.69, 9.17) is 25.8 Å². The number of carbonyl (C=O) groups excluding carboxylic acids is 1. The summed E-state index contributed by atoms with van der Waals surface area (Å²) in [5.74, 6) is 6.47. The molecule has 1 aliphatic rings. The van der Waals surface area contributed by atoms with E-state index in [9.17, 15) is 4.79 Å². The smallest absolute Gasteiger partial charge is 0.407 e. The molecule has 8 nitrogen and oxygen atoms in total. The van der Waals surface area contributed by atoms with Crippen molar-refractivity contribution in [1.29, 1.82) is 0 Å². The van der Waals surface area contributed by atoms with E-state index < -0.39 is 18.0 Å². The summed E-state index contributed by atoms with van der Waals surface area (Å²) >= 11 is 6.01. The number of nitrogens with one attached hydrogen (secondary N) is 2. The van der Waals surface area contributed by atoms with E-state index in [1.165, 1.54) is 0 Å². The number of alkyl carbamates (subject to hydrolysis) is 1. The molecule has 1 aliphatic carbocycles. The molecule has 9 heteroatoms. The lowest BCUT2D eigenvalue weighted by Gasteiger charge is -2.25. The van der Waals surface area contributed by atoms with Gasteiger partial charge in [0.15, 0.2) is 0 Å². The maximum absolute atomic E-state index is 12.2. The van der Waals surface area contributed by atoms with Crippen LogP contribution >= 0.6 is 11.6 Å². The summed E-state index contributed by atoms with van der Waals surface area (Å²) in [5.41, 5.74) is 0.0263. The van der Waals surface area contributed by atoms with Crippen LogP contribution in [0.15, 0.2) is 6.20 Å². The third-order valence-electron chi connectivity index (χ3n) is 4.26. The first-order valence-corrected chi connectivity index (χ1v) is 10.6. The zero-order valence-electron chi connectivity index (χ0n) is 18.3. The average molecular weight is 439 g/mol. The predicted molar refractivity (Wildman–Crippen MR) is 115 cm³/mol. The van der Waals surface area contributed by atoms with Gasteiger partial charge in [-0.1, -0.05) is 5.92 Å². The number of hydrogen-bond donors (Lipinski definition) is 2. The second-order valence-electron chi connectivity index (χ2n) is 7.85. The quantitative estimate of drug-likeness (QED) is 0.380. The summed E-state index contributed by atoms with van der Waals surface area (Å²) in [6.07, 6.45) is 3.18. The van der Waals surface area contributed by atoms with E-state index in [1.54, 1.807) is 6.20 Å². The van der Waals surface area contributed by atoms with Gasteiger partial charge in [0.05, 0.1) is 11.6 Å². The van der Waals surface area contributed by atoms with Gasteiger partial charge >= 0.3 is 6.09 Å². The third-order valence-corrected chi connectivity index (χ3v) is 4.44. The molecule has 0 aromatic carbocycles. The van der Waals surface area contributed by atoms with E-state index in [0.717, 1.165) is 19.3 Å². The van der Waals surface area contributed by atoms with E-state index >= 15 is 0 Å². The summed E-state index contributed by atoms with van der Waals surface area (Å²) in [6, 6.07) is -0.118. The monoisotopic (exact) mass is 438 g/mol. The number of anilines is 1. The largest absolute Gasteiger partial charge is 0.444 e. The zero-order chi connectivity index (χ0) is 22.1. The Morgan fingerprint density at radius 3 is 2.57 bits per heavy atom. The zero-order valence-corrected chi connectivity index (χ0v) is 19.0. The Labute approximate surface area is 183 Å². The fourth-order valence-electron chi connectivity index (χ4n) is 3.07. The van der Waals surface area contributed by atoms with Crippen molar-refractivity contribution in [2.24, 2.45) is 0 Å². The Morgan fingerprint density at radius 1 is 1.27 bits per heavy atom.